The molecule has 0 atom stereocenters. The molecule has 9 nitrogen and oxygen atoms in total. The summed E-state index contributed by atoms with van der Waals surface area (Å²) in [6.07, 6.45) is 3.78. The van der Waals surface area contributed by atoms with Gasteiger partial charge in [-0.1, -0.05) is 23.7 Å². The topological polar surface area (TPSA) is 127 Å². The molecule has 0 bridgehead atoms. The summed E-state index contributed by atoms with van der Waals surface area (Å²) in [5.74, 6) is 0.749. The average Bonchev–Trinajstić information content (AvgIpc) is 2.65. The Morgan fingerprint density at radius 1 is 1.34 bits per heavy atom. The lowest BCUT2D eigenvalue weighted by Crippen LogP contribution is -2.32. The Labute approximate surface area is 174 Å². The van der Waals surface area contributed by atoms with Crippen LogP contribution in [0, 0.1) is 0 Å². The molecule has 0 spiro atoms. The molecule has 1 aromatic carbocycles. The maximum absolute atomic E-state index is 11.8. The van der Waals surface area contributed by atoms with Crippen LogP contribution in [0.4, 0.5) is 10.7 Å². The molecule has 10 heteroatoms. The van der Waals surface area contributed by atoms with Gasteiger partial charge in [0.05, 0.1) is 5.70 Å². The molecule has 4 N–H and O–H groups in total. The van der Waals surface area contributed by atoms with Crippen LogP contribution in [0.2, 0.25) is 5.02 Å². The van der Waals surface area contributed by atoms with Gasteiger partial charge in [0.25, 0.3) is 0 Å². The number of allylic oxidation sites excluding steroid dienone is 1. The summed E-state index contributed by atoms with van der Waals surface area (Å²) < 4.78 is 5.21. The van der Waals surface area contributed by atoms with Gasteiger partial charge in [0.15, 0.2) is 5.82 Å². The van der Waals surface area contributed by atoms with Crippen molar-refractivity contribution in [1.82, 2.24) is 20.3 Å². The number of amides is 1. The Morgan fingerprint density at radius 2 is 2.10 bits per heavy atom. The van der Waals surface area contributed by atoms with E-state index in [9.17, 15) is 4.79 Å². The fourth-order valence-corrected chi connectivity index (χ4v) is 2.44. The maximum atomic E-state index is 11.8. The molecule has 1 amide bonds. The zero-order valence-electron chi connectivity index (χ0n) is 16.7. The van der Waals surface area contributed by atoms with Gasteiger partial charge in [-0.25, -0.2) is 14.8 Å². The summed E-state index contributed by atoms with van der Waals surface area (Å²) in [6.45, 7) is 5.63. The minimum Gasteiger partial charge on any atom is -0.444 e. The average molecular weight is 418 g/mol. The van der Waals surface area contributed by atoms with Crippen LogP contribution in [0.3, 0.4) is 0 Å². The van der Waals surface area contributed by atoms with Crippen molar-refractivity contribution in [3.05, 3.63) is 47.0 Å². The van der Waals surface area contributed by atoms with Crippen molar-refractivity contribution in [3.63, 3.8) is 0 Å². The smallest absolute Gasteiger partial charge is 0.407 e. The SMILES string of the molecule is CN=CC(=CN)Nc1ncnc(-c2ccc(CNC(=O)OC(C)(C)C)c(Cl)c2)n1. The highest BCUT2D eigenvalue weighted by Crippen LogP contribution is 2.24. The fraction of sp³-hybridized carbons (Fsp3) is 0.316. The van der Waals surface area contributed by atoms with Crippen molar-refractivity contribution < 1.29 is 9.53 Å². The number of aromatic nitrogens is 3. The van der Waals surface area contributed by atoms with Gasteiger partial charge in [0.2, 0.25) is 5.95 Å². The molecule has 29 heavy (non-hydrogen) atoms. The van der Waals surface area contributed by atoms with Gasteiger partial charge in [0.1, 0.15) is 11.9 Å². The maximum Gasteiger partial charge on any atom is 0.407 e. The van der Waals surface area contributed by atoms with Crippen LogP contribution in [-0.4, -0.2) is 39.9 Å². The van der Waals surface area contributed by atoms with E-state index >= 15 is 0 Å². The van der Waals surface area contributed by atoms with E-state index in [-0.39, 0.29) is 6.54 Å². The molecule has 1 aromatic heterocycles. The van der Waals surface area contributed by atoms with Gasteiger partial charge in [-0.05, 0) is 32.4 Å². The van der Waals surface area contributed by atoms with Gasteiger partial charge < -0.3 is 21.1 Å². The summed E-state index contributed by atoms with van der Waals surface area (Å²) in [5.41, 5.74) is 6.95. The molecule has 0 unspecified atom stereocenters. The lowest BCUT2D eigenvalue weighted by atomic mass is 10.1. The molecule has 1 heterocycles. The van der Waals surface area contributed by atoms with Gasteiger partial charge in [-0.3, -0.25) is 4.99 Å². The van der Waals surface area contributed by atoms with Crippen molar-refractivity contribution in [2.45, 2.75) is 32.9 Å². The van der Waals surface area contributed by atoms with E-state index in [1.54, 1.807) is 46.2 Å². The van der Waals surface area contributed by atoms with Crippen LogP contribution in [0.1, 0.15) is 26.3 Å². The zero-order valence-corrected chi connectivity index (χ0v) is 17.5. The van der Waals surface area contributed by atoms with Crippen molar-refractivity contribution in [2.24, 2.45) is 10.7 Å². The van der Waals surface area contributed by atoms with E-state index in [1.165, 1.54) is 12.5 Å². The normalized spacial score (nSPS) is 12.1. The highest BCUT2D eigenvalue weighted by molar-refractivity contribution is 6.31. The van der Waals surface area contributed by atoms with E-state index in [2.05, 4.69) is 30.6 Å². The molecule has 2 aromatic rings. The van der Waals surface area contributed by atoms with Crippen LogP contribution < -0.4 is 16.4 Å². The summed E-state index contributed by atoms with van der Waals surface area (Å²) in [6, 6.07) is 5.32. The molecule has 0 saturated carbocycles. The monoisotopic (exact) mass is 417 g/mol. The number of aliphatic imine (C=N–C) groups is 1. The second-order valence-corrected chi connectivity index (χ2v) is 7.34. The van der Waals surface area contributed by atoms with Crippen LogP contribution in [0.25, 0.3) is 11.4 Å². The first-order chi connectivity index (χ1) is 13.7. The largest absolute Gasteiger partial charge is 0.444 e. The number of halogens is 1. The number of carbonyl (C=O) groups is 1. The first-order valence-corrected chi connectivity index (χ1v) is 9.15. The predicted molar refractivity (Wildman–Crippen MR) is 114 cm³/mol. The number of rotatable bonds is 6. The summed E-state index contributed by atoms with van der Waals surface area (Å²) in [7, 11) is 1.63. The third kappa shape index (κ3) is 7.04. The van der Waals surface area contributed by atoms with Gasteiger partial charge in [0, 0.05) is 36.6 Å². The Balaban J connectivity index is 2.12. The summed E-state index contributed by atoms with van der Waals surface area (Å²) in [4.78, 5) is 28.3. The quantitative estimate of drug-likeness (QED) is 0.616. The van der Waals surface area contributed by atoms with E-state index in [1.807, 2.05) is 6.07 Å². The van der Waals surface area contributed by atoms with Crippen LogP contribution >= 0.6 is 11.6 Å². The number of nitrogens with two attached hydrogens (primary N) is 1. The first kappa shape index (κ1) is 22.1. The van der Waals surface area contributed by atoms with E-state index in [0.29, 0.717) is 28.1 Å². The molecular weight excluding hydrogens is 394 g/mol. The van der Waals surface area contributed by atoms with Crippen molar-refractivity contribution >= 4 is 29.9 Å². The van der Waals surface area contributed by atoms with E-state index < -0.39 is 11.7 Å². The minimum atomic E-state index is -0.565. The number of hydrogen-bond acceptors (Lipinski definition) is 8. The second kappa shape index (κ2) is 9.83. The number of ether oxygens (including phenoxy) is 1. The van der Waals surface area contributed by atoms with Gasteiger partial charge in [-0.15, -0.1) is 0 Å². The van der Waals surface area contributed by atoms with Gasteiger partial charge >= 0.3 is 6.09 Å². The highest BCUT2D eigenvalue weighted by Gasteiger charge is 2.16. The molecule has 154 valence electrons. The lowest BCUT2D eigenvalue weighted by molar-refractivity contribution is 0.0523. The lowest BCUT2D eigenvalue weighted by Gasteiger charge is -2.19. The molecule has 0 aliphatic heterocycles. The number of alkyl carbamates (subject to hydrolysis) is 1. The Morgan fingerprint density at radius 3 is 2.72 bits per heavy atom. The third-order valence-electron chi connectivity index (χ3n) is 3.41. The molecule has 0 fully saturated rings. The van der Waals surface area contributed by atoms with Crippen LogP contribution in [0.5, 0.6) is 0 Å². The Kier molecular flexibility index (Phi) is 7.49. The Bertz CT molecular complexity index is 923. The third-order valence-corrected chi connectivity index (χ3v) is 3.76. The Hall–Kier alpha value is -3.20. The minimum absolute atomic E-state index is 0.235. The molecular formula is C19H24ClN7O2. The van der Waals surface area contributed by atoms with Crippen molar-refractivity contribution in [3.8, 4) is 11.4 Å². The number of carbonyl (C=O) groups excluding carboxylic acids is 1. The number of anilines is 1. The van der Waals surface area contributed by atoms with Crippen LogP contribution in [0.15, 0.2) is 41.4 Å². The molecule has 0 saturated heterocycles. The summed E-state index contributed by atoms with van der Waals surface area (Å²) >= 11 is 6.36. The van der Waals surface area contributed by atoms with Crippen molar-refractivity contribution in [1.29, 1.82) is 0 Å². The standard InChI is InChI=1S/C19H24ClN7O2/c1-19(2,3)29-18(28)23-9-13-6-5-12(7-15(13)20)16-24-11-25-17(27-16)26-14(8-21)10-22-4/h5-8,10-11H,9,21H2,1-4H3,(H,23,28)(H,24,25,26,27). The van der Waals surface area contributed by atoms with Crippen molar-refractivity contribution in [2.75, 3.05) is 12.4 Å². The summed E-state index contributed by atoms with van der Waals surface area (Å²) in [5, 5.41) is 6.09. The van der Waals surface area contributed by atoms with Crippen LogP contribution in [-0.2, 0) is 11.3 Å². The molecule has 0 aliphatic rings. The molecule has 2 rings (SSSR count). The number of hydrogen-bond donors (Lipinski definition) is 3. The van der Waals surface area contributed by atoms with E-state index in [4.69, 9.17) is 22.1 Å². The van der Waals surface area contributed by atoms with Gasteiger partial charge in [-0.2, -0.15) is 4.98 Å². The molecule has 0 aliphatic carbocycles. The zero-order chi connectivity index (χ0) is 21.4. The predicted octanol–water partition coefficient (Wildman–Crippen LogP) is 3.13. The fourth-order valence-electron chi connectivity index (χ4n) is 2.19. The second-order valence-electron chi connectivity index (χ2n) is 6.93. The number of benzene rings is 1. The van der Waals surface area contributed by atoms with E-state index in [0.717, 1.165) is 5.56 Å². The highest BCUT2D eigenvalue weighted by atomic mass is 35.5. The first-order valence-electron chi connectivity index (χ1n) is 8.77. The number of nitrogens with zero attached hydrogens (tertiary/aromatic N) is 4. The number of nitrogens with one attached hydrogen (secondary N) is 2. The molecule has 0 radical (unpaired) electrons.